The molecule has 1 N–H and O–H groups in total. The molecule has 0 spiro atoms. The molecule has 0 saturated carbocycles. The molecule has 1 rings (SSSR count). The molecular formula is C15H24N2O3. The Balaban J connectivity index is 2.23. The van der Waals surface area contributed by atoms with Crippen molar-refractivity contribution in [2.45, 2.75) is 27.2 Å². The maximum atomic E-state index is 11.4. The molecule has 1 aromatic heterocycles. The van der Waals surface area contributed by atoms with E-state index in [1.54, 1.807) is 19.1 Å². The lowest BCUT2D eigenvalue weighted by Crippen LogP contribution is -2.10. The number of carbonyl (C=O) groups is 1. The summed E-state index contributed by atoms with van der Waals surface area (Å²) in [6, 6.07) is 3.49. The van der Waals surface area contributed by atoms with E-state index in [4.69, 9.17) is 9.47 Å². The molecule has 112 valence electrons. The number of anilines is 1. The summed E-state index contributed by atoms with van der Waals surface area (Å²) in [5.74, 6) is 0.982. The molecular weight excluding hydrogens is 256 g/mol. The zero-order valence-electron chi connectivity index (χ0n) is 12.5. The Hall–Kier alpha value is -1.62. The van der Waals surface area contributed by atoms with Gasteiger partial charge in [0, 0.05) is 26.0 Å². The lowest BCUT2D eigenvalue weighted by Gasteiger charge is -2.08. The van der Waals surface area contributed by atoms with Crippen molar-refractivity contribution >= 4 is 11.8 Å². The van der Waals surface area contributed by atoms with Crippen LogP contribution in [0.2, 0.25) is 0 Å². The van der Waals surface area contributed by atoms with Crippen molar-refractivity contribution in [1.82, 2.24) is 4.98 Å². The third-order valence-electron chi connectivity index (χ3n) is 2.50. The van der Waals surface area contributed by atoms with E-state index in [9.17, 15) is 4.79 Å². The molecule has 0 unspecified atom stereocenters. The third-order valence-corrected chi connectivity index (χ3v) is 2.50. The fourth-order valence-corrected chi connectivity index (χ4v) is 1.54. The zero-order chi connectivity index (χ0) is 14.8. The fourth-order valence-electron chi connectivity index (χ4n) is 1.54. The van der Waals surface area contributed by atoms with Crippen LogP contribution >= 0.6 is 0 Å². The maximum Gasteiger partial charge on any atom is 0.339 e. The van der Waals surface area contributed by atoms with E-state index < -0.39 is 0 Å². The summed E-state index contributed by atoms with van der Waals surface area (Å²) in [6.45, 7) is 8.75. The van der Waals surface area contributed by atoms with Gasteiger partial charge in [0.05, 0.1) is 12.2 Å². The molecule has 5 nitrogen and oxygen atoms in total. The van der Waals surface area contributed by atoms with Gasteiger partial charge in [0.25, 0.3) is 0 Å². The smallest absolute Gasteiger partial charge is 0.339 e. The highest BCUT2D eigenvalue weighted by atomic mass is 16.5. The molecule has 0 atom stereocenters. The number of rotatable bonds is 9. The van der Waals surface area contributed by atoms with Gasteiger partial charge in [-0.25, -0.2) is 9.78 Å². The van der Waals surface area contributed by atoms with Crippen LogP contribution in [0.4, 0.5) is 5.82 Å². The lowest BCUT2D eigenvalue weighted by molar-refractivity contribution is 0.0526. The van der Waals surface area contributed by atoms with Crippen LogP contribution in [-0.2, 0) is 9.47 Å². The fraction of sp³-hybridized carbons (Fsp3) is 0.600. The number of aromatic nitrogens is 1. The Morgan fingerprint density at radius 3 is 2.80 bits per heavy atom. The van der Waals surface area contributed by atoms with Gasteiger partial charge in [0.1, 0.15) is 5.82 Å². The first-order chi connectivity index (χ1) is 9.63. The molecule has 0 aliphatic rings. The Bertz CT molecular complexity index is 391. The zero-order valence-corrected chi connectivity index (χ0v) is 12.5. The summed E-state index contributed by atoms with van der Waals surface area (Å²) in [5.41, 5.74) is 0.470. The second-order valence-electron chi connectivity index (χ2n) is 4.90. The largest absolute Gasteiger partial charge is 0.462 e. The summed E-state index contributed by atoms with van der Waals surface area (Å²) in [5, 5.41) is 3.19. The molecule has 0 aliphatic heterocycles. The van der Waals surface area contributed by atoms with Gasteiger partial charge in [-0.2, -0.15) is 0 Å². The van der Waals surface area contributed by atoms with Gasteiger partial charge in [-0.15, -0.1) is 0 Å². The normalized spacial score (nSPS) is 10.6. The van der Waals surface area contributed by atoms with Gasteiger partial charge in [0.2, 0.25) is 0 Å². The molecule has 1 aromatic rings. The van der Waals surface area contributed by atoms with Crippen LogP contribution in [0.3, 0.4) is 0 Å². The highest BCUT2D eigenvalue weighted by Gasteiger charge is 2.06. The van der Waals surface area contributed by atoms with Gasteiger partial charge in [-0.1, -0.05) is 13.8 Å². The van der Waals surface area contributed by atoms with Crippen LogP contribution in [0.15, 0.2) is 18.3 Å². The van der Waals surface area contributed by atoms with Crippen molar-refractivity contribution in [1.29, 1.82) is 0 Å². The van der Waals surface area contributed by atoms with E-state index >= 15 is 0 Å². The molecule has 1 heterocycles. The summed E-state index contributed by atoms with van der Waals surface area (Å²) in [6.07, 6.45) is 2.45. The van der Waals surface area contributed by atoms with Crippen molar-refractivity contribution in [3.63, 3.8) is 0 Å². The average Bonchev–Trinajstić information content (AvgIpc) is 2.43. The minimum absolute atomic E-state index is 0.339. The maximum absolute atomic E-state index is 11.4. The minimum Gasteiger partial charge on any atom is -0.462 e. The Kier molecular flexibility index (Phi) is 7.65. The predicted octanol–water partition coefficient (Wildman–Crippen LogP) is 2.73. The summed E-state index contributed by atoms with van der Waals surface area (Å²) in [4.78, 5) is 15.6. The second-order valence-corrected chi connectivity index (χ2v) is 4.90. The number of esters is 1. The number of ether oxygens (including phenoxy) is 2. The Labute approximate surface area is 120 Å². The summed E-state index contributed by atoms with van der Waals surface area (Å²) < 4.78 is 10.4. The molecule has 0 aliphatic carbocycles. The highest BCUT2D eigenvalue weighted by molar-refractivity contribution is 5.89. The molecule has 0 saturated heterocycles. The van der Waals surface area contributed by atoms with E-state index in [1.807, 2.05) is 0 Å². The summed E-state index contributed by atoms with van der Waals surface area (Å²) in [7, 11) is 0. The van der Waals surface area contributed by atoms with E-state index in [2.05, 4.69) is 24.1 Å². The number of nitrogens with zero attached hydrogens (tertiary/aromatic N) is 1. The lowest BCUT2D eigenvalue weighted by atomic mass is 10.2. The monoisotopic (exact) mass is 280 g/mol. The first-order valence-electron chi connectivity index (χ1n) is 7.08. The van der Waals surface area contributed by atoms with E-state index in [0.717, 1.165) is 32.0 Å². The van der Waals surface area contributed by atoms with Crippen LogP contribution in [-0.4, -0.2) is 37.3 Å². The molecule has 5 heteroatoms. The number of nitrogens with one attached hydrogen (secondary N) is 1. The number of hydrogen-bond donors (Lipinski definition) is 1. The van der Waals surface area contributed by atoms with E-state index in [-0.39, 0.29) is 5.97 Å². The van der Waals surface area contributed by atoms with Crippen LogP contribution in [0.25, 0.3) is 0 Å². The molecule has 0 fully saturated rings. The SMILES string of the molecule is CCOC(=O)c1ccc(NCCCOCC(C)C)nc1. The molecule has 0 bridgehead atoms. The van der Waals surface area contributed by atoms with Crippen LogP contribution in [0.1, 0.15) is 37.6 Å². The first kappa shape index (κ1) is 16.4. The van der Waals surface area contributed by atoms with Crippen molar-refractivity contribution in [2.24, 2.45) is 5.92 Å². The van der Waals surface area contributed by atoms with Crippen LogP contribution in [0.5, 0.6) is 0 Å². The van der Waals surface area contributed by atoms with Crippen molar-refractivity contribution < 1.29 is 14.3 Å². The molecule has 0 amide bonds. The summed E-state index contributed by atoms with van der Waals surface area (Å²) >= 11 is 0. The highest BCUT2D eigenvalue weighted by Crippen LogP contribution is 2.06. The van der Waals surface area contributed by atoms with Crippen molar-refractivity contribution in [2.75, 3.05) is 31.7 Å². The van der Waals surface area contributed by atoms with Crippen molar-refractivity contribution in [3.8, 4) is 0 Å². The molecule has 0 radical (unpaired) electrons. The second kappa shape index (κ2) is 9.31. The third kappa shape index (κ3) is 6.52. The van der Waals surface area contributed by atoms with E-state index in [0.29, 0.717) is 18.1 Å². The van der Waals surface area contributed by atoms with Gasteiger partial charge >= 0.3 is 5.97 Å². The average molecular weight is 280 g/mol. The van der Waals surface area contributed by atoms with Gasteiger partial charge in [-0.3, -0.25) is 0 Å². The van der Waals surface area contributed by atoms with Gasteiger partial charge in [0.15, 0.2) is 0 Å². The van der Waals surface area contributed by atoms with Gasteiger partial charge in [-0.05, 0) is 31.4 Å². The van der Waals surface area contributed by atoms with Crippen LogP contribution in [0, 0.1) is 5.92 Å². The number of hydrogen-bond acceptors (Lipinski definition) is 5. The first-order valence-corrected chi connectivity index (χ1v) is 7.08. The van der Waals surface area contributed by atoms with Crippen LogP contribution < -0.4 is 5.32 Å². The number of pyridine rings is 1. The Morgan fingerprint density at radius 1 is 1.40 bits per heavy atom. The topological polar surface area (TPSA) is 60.5 Å². The van der Waals surface area contributed by atoms with E-state index in [1.165, 1.54) is 6.20 Å². The van der Waals surface area contributed by atoms with Gasteiger partial charge < -0.3 is 14.8 Å². The Morgan fingerprint density at radius 2 is 2.20 bits per heavy atom. The number of carbonyl (C=O) groups excluding carboxylic acids is 1. The standard InChI is InChI=1S/C15H24N2O3/c1-4-20-15(18)13-6-7-14(17-10-13)16-8-5-9-19-11-12(2)3/h6-7,10,12H,4-5,8-9,11H2,1-3H3,(H,16,17). The van der Waals surface area contributed by atoms with Crippen molar-refractivity contribution in [3.05, 3.63) is 23.9 Å². The predicted molar refractivity (Wildman–Crippen MR) is 79.0 cm³/mol. The molecule has 0 aromatic carbocycles. The minimum atomic E-state index is -0.339. The quantitative estimate of drug-likeness (QED) is 0.556. The molecule has 20 heavy (non-hydrogen) atoms.